The van der Waals surface area contributed by atoms with E-state index < -0.39 is 0 Å². The van der Waals surface area contributed by atoms with Crippen LogP contribution in [-0.4, -0.2) is 26.1 Å². The number of hydrogen-bond acceptors (Lipinski definition) is 5. The Labute approximate surface area is 146 Å². The van der Waals surface area contributed by atoms with Crippen LogP contribution in [0.1, 0.15) is 51.5 Å². The first-order valence-electron chi connectivity index (χ1n) is 8.89. The number of thiophene rings is 1. The molecule has 0 amide bonds. The second kappa shape index (κ2) is 6.89. The Kier molecular flexibility index (Phi) is 4.47. The highest BCUT2D eigenvalue weighted by molar-refractivity contribution is 7.13. The Balaban J connectivity index is 1.82. The topological polar surface area (TPSA) is 55.6 Å². The number of hydrogen-bond donors (Lipinski definition) is 1. The van der Waals surface area contributed by atoms with E-state index in [4.69, 9.17) is 9.97 Å². The van der Waals surface area contributed by atoms with Gasteiger partial charge in [0.15, 0.2) is 17.3 Å². The molecular weight excluding hydrogens is 318 g/mol. The average molecular weight is 341 g/mol. The summed E-state index contributed by atoms with van der Waals surface area (Å²) < 4.78 is 2.28. The third kappa shape index (κ3) is 2.90. The van der Waals surface area contributed by atoms with Gasteiger partial charge in [0.2, 0.25) is 0 Å². The summed E-state index contributed by atoms with van der Waals surface area (Å²) in [7, 11) is 0. The molecule has 0 atom stereocenters. The molecule has 0 radical (unpaired) electrons. The van der Waals surface area contributed by atoms with E-state index in [2.05, 4.69) is 33.2 Å². The summed E-state index contributed by atoms with van der Waals surface area (Å²) in [6, 6.07) is 4.65. The summed E-state index contributed by atoms with van der Waals surface area (Å²) in [4.78, 5) is 15.4. The highest BCUT2D eigenvalue weighted by Gasteiger charge is 2.21. The van der Waals surface area contributed by atoms with Crippen LogP contribution < -0.4 is 5.32 Å². The fourth-order valence-electron chi connectivity index (χ4n) is 3.43. The standard InChI is InChI=1S/C18H23N5S/c1-2-10-19-17-15-18(22-16(21-17)14-9-6-11-24-14)23(12-20-15)13-7-4-3-5-8-13/h6,9,11-13H,2-5,7-8,10H2,1H3,(H,19,21,22). The molecule has 1 saturated carbocycles. The molecule has 1 aliphatic carbocycles. The van der Waals surface area contributed by atoms with Crippen molar-refractivity contribution in [1.29, 1.82) is 0 Å². The first-order chi connectivity index (χ1) is 11.9. The van der Waals surface area contributed by atoms with Gasteiger partial charge < -0.3 is 9.88 Å². The maximum absolute atomic E-state index is 4.88. The van der Waals surface area contributed by atoms with Gasteiger partial charge in [-0.15, -0.1) is 11.3 Å². The largest absolute Gasteiger partial charge is 0.368 e. The molecule has 3 aromatic heterocycles. The Morgan fingerprint density at radius 1 is 1.25 bits per heavy atom. The Hall–Kier alpha value is -1.95. The molecule has 3 aromatic rings. The molecule has 0 aliphatic heterocycles. The van der Waals surface area contributed by atoms with E-state index in [0.717, 1.165) is 40.6 Å². The monoisotopic (exact) mass is 341 g/mol. The predicted molar refractivity (Wildman–Crippen MR) is 99.5 cm³/mol. The van der Waals surface area contributed by atoms with Gasteiger partial charge in [-0.05, 0) is 30.7 Å². The van der Waals surface area contributed by atoms with Crippen LogP contribution in [0.4, 0.5) is 5.82 Å². The van der Waals surface area contributed by atoms with Gasteiger partial charge >= 0.3 is 0 Å². The van der Waals surface area contributed by atoms with Crippen LogP contribution in [-0.2, 0) is 0 Å². The molecule has 24 heavy (non-hydrogen) atoms. The lowest BCUT2D eigenvalue weighted by atomic mass is 9.95. The van der Waals surface area contributed by atoms with Crippen molar-refractivity contribution < 1.29 is 0 Å². The molecule has 1 aliphatic rings. The van der Waals surface area contributed by atoms with Crippen LogP contribution >= 0.6 is 11.3 Å². The van der Waals surface area contributed by atoms with Gasteiger partial charge in [0, 0.05) is 12.6 Å². The van der Waals surface area contributed by atoms with Crippen molar-refractivity contribution in [2.45, 2.75) is 51.5 Å². The first kappa shape index (κ1) is 15.6. The summed E-state index contributed by atoms with van der Waals surface area (Å²) in [6.45, 7) is 3.05. The van der Waals surface area contributed by atoms with Crippen molar-refractivity contribution in [3.63, 3.8) is 0 Å². The molecule has 126 valence electrons. The van der Waals surface area contributed by atoms with E-state index >= 15 is 0 Å². The summed E-state index contributed by atoms with van der Waals surface area (Å²) in [5.74, 6) is 1.66. The summed E-state index contributed by atoms with van der Waals surface area (Å²) in [6.07, 6.45) is 9.42. The molecule has 0 saturated heterocycles. The van der Waals surface area contributed by atoms with Crippen LogP contribution in [0.3, 0.4) is 0 Å². The van der Waals surface area contributed by atoms with E-state index in [1.165, 1.54) is 32.1 Å². The zero-order valence-corrected chi connectivity index (χ0v) is 14.9. The zero-order chi connectivity index (χ0) is 16.4. The molecule has 6 heteroatoms. The molecular formula is C18H23N5S. The quantitative estimate of drug-likeness (QED) is 0.718. The number of fused-ring (bicyclic) bond motifs is 1. The summed E-state index contributed by atoms with van der Waals surface area (Å²) in [5, 5.41) is 5.50. The number of aromatic nitrogens is 4. The van der Waals surface area contributed by atoms with Crippen molar-refractivity contribution in [2.75, 3.05) is 11.9 Å². The second-order valence-electron chi connectivity index (χ2n) is 6.42. The van der Waals surface area contributed by atoms with Crippen LogP contribution in [0.25, 0.3) is 21.9 Å². The van der Waals surface area contributed by atoms with E-state index in [0.29, 0.717) is 6.04 Å². The zero-order valence-electron chi connectivity index (χ0n) is 14.0. The lowest BCUT2D eigenvalue weighted by Crippen LogP contribution is -2.13. The third-order valence-electron chi connectivity index (χ3n) is 4.67. The van der Waals surface area contributed by atoms with Gasteiger partial charge in [-0.25, -0.2) is 15.0 Å². The number of imidazole rings is 1. The fraction of sp³-hybridized carbons (Fsp3) is 0.500. The minimum Gasteiger partial charge on any atom is -0.368 e. The smallest absolute Gasteiger partial charge is 0.173 e. The number of nitrogens with zero attached hydrogens (tertiary/aromatic N) is 4. The van der Waals surface area contributed by atoms with Gasteiger partial charge in [0.25, 0.3) is 0 Å². The first-order valence-corrected chi connectivity index (χ1v) is 9.77. The van der Waals surface area contributed by atoms with Gasteiger partial charge in [-0.3, -0.25) is 0 Å². The maximum Gasteiger partial charge on any atom is 0.173 e. The van der Waals surface area contributed by atoms with Gasteiger partial charge in [-0.1, -0.05) is 32.3 Å². The summed E-state index contributed by atoms with van der Waals surface area (Å²) in [5.41, 5.74) is 1.87. The van der Waals surface area contributed by atoms with Crippen molar-refractivity contribution in [1.82, 2.24) is 19.5 Å². The Morgan fingerprint density at radius 2 is 2.12 bits per heavy atom. The normalized spacial score (nSPS) is 15.9. The predicted octanol–water partition coefficient (Wildman–Crippen LogP) is 4.88. The molecule has 0 spiro atoms. The number of rotatable bonds is 5. The second-order valence-corrected chi connectivity index (χ2v) is 7.36. The van der Waals surface area contributed by atoms with E-state index in [1.807, 2.05) is 12.4 Å². The summed E-state index contributed by atoms with van der Waals surface area (Å²) >= 11 is 1.68. The van der Waals surface area contributed by atoms with E-state index in [9.17, 15) is 0 Å². The molecule has 1 fully saturated rings. The molecule has 0 unspecified atom stereocenters. The molecule has 0 bridgehead atoms. The van der Waals surface area contributed by atoms with Crippen molar-refractivity contribution in [2.24, 2.45) is 0 Å². The minimum atomic E-state index is 0.522. The average Bonchev–Trinajstić information content (AvgIpc) is 3.30. The molecule has 4 rings (SSSR count). The molecule has 5 nitrogen and oxygen atoms in total. The van der Waals surface area contributed by atoms with Gasteiger partial charge in [0.1, 0.15) is 5.52 Å². The minimum absolute atomic E-state index is 0.522. The highest BCUT2D eigenvalue weighted by atomic mass is 32.1. The lowest BCUT2D eigenvalue weighted by molar-refractivity contribution is 0.358. The van der Waals surface area contributed by atoms with Gasteiger partial charge in [-0.2, -0.15) is 0 Å². The fourth-order valence-corrected chi connectivity index (χ4v) is 4.08. The van der Waals surface area contributed by atoms with Crippen LogP contribution in [0.2, 0.25) is 0 Å². The Bertz CT molecular complexity index is 802. The van der Waals surface area contributed by atoms with E-state index in [1.54, 1.807) is 11.3 Å². The van der Waals surface area contributed by atoms with Crippen molar-refractivity contribution >= 4 is 28.3 Å². The Morgan fingerprint density at radius 3 is 2.88 bits per heavy atom. The van der Waals surface area contributed by atoms with Crippen LogP contribution in [0.15, 0.2) is 23.8 Å². The van der Waals surface area contributed by atoms with Crippen molar-refractivity contribution in [3.05, 3.63) is 23.8 Å². The van der Waals surface area contributed by atoms with Crippen LogP contribution in [0.5, 0.6) is 0 Å². The molecule has 1 N–H and O–H groups in total. The number of nitrogens with one attached hydrogen (secondary N) is 1. The number of anilines is 1. The molecule has 0 aromatic carbocycles. The maximum atomic E-state index is 4.88. The van der Waals surface area contributed by atoms with Gasteiger partial charge in [0.05, 0.1) is 11.2 Å². The SMILES string of the molecule is CCCNc1nc(-c2cccs2)nc2c1ncn2C1CCCCC1. The lowest BCUT2D eigenvalue weighted by Gasteiger charge is -2.23. The van der Waals surface area contributed by atoms with Crippen LogP contribution in [0, 0.1) is 0 Å². The van der Waals surface area contributed by atoms with E-state index in [-0.39, 0.29) is 0 Å². The highest BCUT2D eigenvalue weighted by Crippen LogP contribution is 2.33. The molecule has 3 heterocycles. The van der Waals surface area contributed by atoms with Crippen molar-refractivity contribution in [3.8, 4) is 10.7 Å². The third-order valence-corrected chi connectivity index (χ3v) is 5.54.